The van der Waals surface area contributed by atoms with Crippen molar-refractivity contribution in [3.05, 3.63) is 99.6 Å². The Kier molecular flexibility index (Phi) is 7.38. The van der Waals surface area contributed by atoms with Crippen molar-refractivity contribution >= 4 is 21.6 Å². The molecule has 0 unspecified atom stereocenters. The van der Waals surface area contributed by atoms with Gasteiger partial charge < -0.3 is 5.32 Å². The molecule has 1 N–H and O–H groups in total. The number of halogens is 5. The van der Waals surface area contributed by atoms with Crippen LogP contribution in [0, 0.1) is 18.6 Å². The average Bonchev–Trinajstić information content (AvgIpc) is 2.81. The monoisotopic (exact) mass is 538 g/mol. The number of carbonyl (C=O) groups excluding carboxylic acids is 1. The molecular weight excluding hydrogens is 515 g/mol. The first-order chi connectivity index (χ1) is 17.3. The molecule has 0 radical (unpaired) electrons. The second-order valence-electron chi connectivity index (χ2n) is 8.90. The molecule has 1 aliphatic heterocycles. The second-order valence-corrected chi connectivity index (χ2v) is 10.9. The number of nitrogens with zero attached hydrogens (tertiary/aromatic N) is 1. The van der Waals surface area contributed by atoms with Crippen molar-refractivity contribution < 1.29 is 35.2 Å². The first-order valence-electron chi connectivity index (χ1n) is 11.3. The van der Waals surface area contributed by atoms with E-state index in [1.54, 1.807) is 19.1 Å². The molecule has 3 aromatic rings. The fourth-order valence-corrected chi connectivity index (χ4v) is 5.81. The molecular formula is C26H23F5N2O3S. The first-order valence-corrected chi connectivity index (χ1v) is 12.9. The summed E-state index contributed by atoms with van der Waals surface area (Å²) in [4.78, 5) is 12.7. The van der Waals surface area contributed by atoms with Crippen LogP contribution in [0.1, 0.15) is 33.4 Å². The summed E-state index contributed by atoms with van der Waals surface area (Å²) in [6, 6.07) is 11.1. The molecule has 1 heterocycles. The van der Waals surface area contributed by atoms with Crippen LogP contribution in [0.3, 0.4) is 0 Å². The van der Waals surface area contributed by atoms with E-state index in [4.69, 9.17) is 0 Å². The van der Waals surface area contributed by atoms with Crippen LogP contribution in [0.2, 0.25) is 0 Å². The highest BCUT2D eigenvalue weighted by atomic mass is 32.2. The minimum Gasteiger partial charge on any atom is -0.325 e. The number of benzene rings is 3. The summed E-state index contributed by atoms with van der Waals surface area (Å²) in [5, 5.41) is 2.76. The van der Waals surface area contributed by atoms with E-state index in [-0.39, 0.29) is 30.8 Å². The van der Waals surface area contributed by atoms with E-state index in [0.717, 1.165) is 17.2 Å². The summed E-state index contributed by atoms with van der Waals surface area (Å²) in [6.07, 6.45) is -4.84. The molecule has 196 valence electrons. The molecule has 0 bridgehead atoms. The van der Waals surface area contributed by atoms with Gasteiger partial charge in [-0.2, -0.15) is 17.5 Å². The molecule has 0 fully saturated rings. The van der Waals surface area contributed by atoms with Gasteiger partial charge in [-0.3, -0.25) is 4.79 Å². The van der Waals surface area contributed by atoms with Crippen molar-refractivity contribution in [3.63, 3.8) is 0 Å². The predicted molar refractivity (Wildman–Crippen MR) is 128 cm³/mol. The van der Waals surface area contributed by atoms with E-state index in [1.807, 2.05) is 0 Å². The Labute approximate surface area is 211 Å². The molecule has 0 aliphatic carbocycles. The van der Waals surface area contributed by atoms with Gasteiger partial charge in [-0.25, -0.2) is 17.2 Å². The number of rotatable bonds is 6. The predicted octanol–water partition coefficient (Wildman–Crippen LogP) is 5.36. The van der Waals surface area contributed by atoms with Crippen LogP contribution in [0.4, 0.5) is 27.6 Å². The molecule has 0 saturated carbocycles. The Morgan fingerprint density at radius 1 is 1.00 bits per heavy atom. The maximum atomic E-state index is 13.9. The van der Waals surface area contributed by atoms with E-state index in [9.17, 15) is 35.2 Å². The van der Waals surface area contributed by atoms with Crippen molar-refractivity contribution in [3.8, 4) is 0 Å². The molecule has 4 rings (SSSR count). The second kappa shape index (κ2) is 10.2. The summed E-state index contributed by atoms with van der Waals surface area (Å²) in [7, 11) is -3.69. The number of nitrogens with one attached hydrogen (secondary N) is 1. The molecule has 0 atom stereocenters. The molecule has 0 spiro atoms. The average molecular weight is 539 g/mol. The lowest BCUT2D eigenvalue weighted by molar-refractivity contribution is -0.140. The standard InChI is InChI=1S/C26H23F5N2O3S/c1-16-2-6-19-14-33(37(35,36)15-17-3-7-20(27)8-4-17)11-10-21(19)25(16)32-24(34)13-18-5-9-22(23(28)12-18)26(29,30)31/h2-9,12H,10-11,13-15H2,1H3,(H,32,34). The molecule has 37 heavy (non-hydrogen) atoms. The largest absolute Gasteiger partial charge is 0.419 e. The molecule has 1 aliphatic rings. The number of alkyl halides is 3. The summed E-state index contributed by atoms with van der Waals surface area (Å²) >= 11 is 0. The highest BCUT2D eigenvalue weighted by molar-refractivity contribution is 7.88. The third-order valence-electron chi connectivity index (χ3n) is 6.20. The maximum absolute atomic E-state index is 13.9. The number of hydrogen-bond acceptors (Lipinski definition) is 3. The number of anilines is 1. The highest BCUT2D eigenvalue weighted by Gasteiger charge is 2.34. The zero-order valence-corrected chi connectivity index (χ0v) is 20.5. The minimum atomic E-state index is -4.83. The van der Waals surface area contributed by atoms with Gasteiger partial charge in [0.15, 0.2) is 0 Å². The maximum Gasteiger partial charge on any atom is 0.419 e. The van der Waals surface area contributed by atoms with E-state index >= 15 is 0 Å². The summed E-state index contributed by atoms with van der Waals surface area (Å²) < 4.78 is 92.6. The van der Waals surface area contributed by atoms with Gasteiger partial charge >= 0.3 is 6.18 Å². The van der Waals surface area contributed by atoms with Crippen LogP contribution in [-0.2, 0) is 46.1 Å². The third kappa shape index (κ3) is 6.16. The summed E-state index contributed by atoms with van der Waals surface area (Å²) in [5.74, 6) is -2.72. The van der Waals surface area contributed by atoms with Gasteiger partial charge in [0.25, 0.3) is 0 Å². The highest BCUT2D eigenvalue weighted by Crippen LogP contribution is 2.33. The van der Waals surface area contributed by atoms with Crippen LogP contribution in [0.25, 0.3) is 0 Å². The number of sulfonamides is 1. The van der Waals surface area contributed by atoms with Crippen molar-refractivity contribution in [2.75, 3.05) is 11.9 Å². The third-order valence-corrected chi connectivity index (χ3v) is 8.00. The van der Waals surface area contributed by atoms with Gasteiger partial charge in [-0.05, 0) is 65.4 Å². The minimum absolute atomic E-state index is 0.0866. The van der Waals surface area contributed by atoms with Gasteiger partial charge in [0, 0.05) is 18.8 Å². The lowest BCUT2D eigenvalue weighted by Gasteiger charge is -2.30. The first kappa shape index (κ1) is 26.7. The molecule has 1 amide bonds. The Morgan fingerprint density at radius 3 is 2.32 bits per heavy atom. The van der Waals surface area contributed by atoms with Gasteiger partial charge in [-0.1, -0.05) is 30.3 Å². The van der Waals surface area contributed by atoms with Crippen molar-refractivity contribution in [1.82, 2.24) is 4.31 Å². The van der Waals surface area contributed by atoms with Gasteiger partial charge in [-0.15, -0.1) is 0 Å². The van der Waals surface area contributed by atoms with Gasteiger partial charge in [0.2, 0.25) is 15.9 Å². The molecule has 3 aromatic carbocycles. The van der Waals surface area contributed by atoms with Crippen LogP contribution in [-0.4, -0.2) is 25.2 Å². The van der Waals surface area contributed by atoms with Gasteiger partial charge in [0.05, 0.1) is 17.7 Å². The Bertz CT molecular complexity index is 1440. The smallest absolute Gasteiger partial charge is 0.325 e. The Hall–Kier alpha value is -3.31. The van der Waals surface area contributed by atoms with Crippen LogP contribution in [0.5, 0.6) is 0 Å². The van der Waals surface area contributed by atoms with Crippen molar-refractivity contribution in [2.45, 2.75) is 38.2 Å². The molecule has 11 heteroatoms. The number of aryl methyl sites for hydroxylation is 1. The van der Waals surface area contributed by atoms with Crippen LogP contribution in [0.15, 0.2) is 54.6 Å². The van der Waals surface area contributed by atoms with E-state index in [0.29, 0.717) is 35.4 Å². The number of fused-ring (bicyclic) bond motifs is 1. The van der Waals surface area contributed by atoms with Crippen molar-refractivity contribution in [1.29, 1.82) is 0 Å². The molecule has 5 nitrogen and oxygen atoms in total. The Balaban J connectivity index is 1.48. The normalized spacial score (nSPS) is 14.3. The van der Waals surface area contributed by atoms with Gasteiger partial charge in [0.1, 0.15) is 11.6 Å². The van der Waals surface area contributed by atoms with E-state index in [2.05, 4.69) is 5.32 Å². The number of hydrogen-bond donors (Lipinski definition) is 1. The van der Waals surface area contributed by atoms with Crippen LogP contribution >= 0.6 is 0 Å². The SMILES string of the molecule is Cc1ccc2c(c1NC(=O)Cc1ccc(C(F)(F)F)c(F)c1)CCN(S(=O)(=O)Cc1ccc(F)cc1)C2. The molecule has 0 aromatic heterocycles. The Morgan fingerprint density at radius 2 is 1.68 bits per heavy atom. The zero-order valence-electron chi connectivity index (χ0n) is 19.7. The lowest BCUT2D eigenvalue weighted by Crippen LogP contribution is -2.37. The summed E-state index contributed by atoms with van der Waals surface area (Å²) in [5.41, 5.74) is 1.85. The fourth-order valence-electron chi connectivity index (χ4n) is 4.31. The number of amides is 1. The van der Waals surface area contributed by atoms with Crippen LogP contribution < -0.4 is 5.32 Å². The topological polar surface area (TPSA) is 66.5 Å². The summed E-state index contributed by atoms with van der Waals surface area (Å²) in [6.45, 7) is 2.03. The quantitative estimate of drug-likeness (QED) is 0.430. The fraction of sp³-hybridized carbons (Fsp3) is 0.269. The van der Waals surface area contributed by atoms with E-state index < -0.39 is 39.3 Å². The van der Waals surface area contributed by atoms with E-state index in [1.165, 1.54) is 28.6 Å². The van der Waals surface area contributed by atoms with Crippen molar-refractivity contribution in [2.24, 2.45) is 0 Å². The lowest BCUT2D eigenvalue weighted by atomic mass is 9.95. The number of carbonyl (C=O) groups is 1. The molecule has 0 saturated heterocycles. The zero-order chi connectivity index (χ0) is 27.0.